The third-order valence-corrected chi connectivity index (χ3v) is 3.56. The first-order valence-corrected chi connectivity index (χ1v) is 8.24. The summed E-state index contributed by atoms with van der Waals surface area (Å²) in [6.07, 6.45) is 0. The van der Waals surface area contributed by atoms with Crippen molar-refractivity contribution >= 4 is 17.3 Å². The topological polar surface area (TPSA) is 69.3 Å². The lowest BCUT2D eigenvalue weighted by molar-refractivity contribution is -0.119. The minimum atomic E-state index is -0.236. The first kappa shape index (κ1) is 18.4. The predicted octanol–water partition coefficient (Wildman–Crippen LogP) is 1.91. The molecular formula is C17H26N2O5. The lowest BCUT2D eigenvalue weighted by Gasteiger charge is -2.31. The molecule has 1 amide bonds. The molecule has 1 aromatic carbocycles. The van der Waals surface area contributed by atoms with Crippen molar-refractivity contribution in [3.63, 3.8) is 0 Å². The van der Waals surface area contributed by atoms with E-state index in [-0.39, 0.29) is 12.5 Å². The first-order chi connectivity index (χ1) is 11.7. The molecular weight excluding hydrogens is 312 g/mol. The predicted molar refractivity (Wildman–Crippen MR) is 92.3 cm³/mol. The van der Waals surface area contributed by atoms with E-state index in [0.29, 0.717) is 37.9 Å². The van der Waals surface area contributed by atoms with Gasteiger partial charge in [-0.3, -0.25) is 4.79 Å². The Morgan fingerprint density at radius 3 is 2.46 bits per heavy atom. The number of nitrogens with zero attached hydrogens (tertiary/aromatic N) is 1. The van der Waals surface area contributed by atoms with Crippen molar-refractivity contribution in [1.82, 2.24) is 0 Å². The van der Waals surface area contributed by atoms with Gasteiger partial charge in [-0.15, -0.1) is 0 Å². The summed E-state index contributed by atoms with van der Waals surface area (Å²) in [6.45, 7) is 7.82. The van der Waals surface area contributed by atoms with Gasteiger partial charge in [0.15, 0.2) is 0 Å². The second-order valence-electron chi connectivity index (χ2n) is 5.26. The van der Waals surface area contributed by atoms with Gasteiger partial charge in [0, 0.05) is 32.3 Å². The van der Waals surface area contributed by atoms with Gasteiger partial charge in [0.05, 0.1) is 37.8 Å². The maximum atomic E-state index is 11.9. The van der Waals surface area contributed by atoms with Crippen LogP contribution in [0.4, 0.5) is 11.4 Å². The number of rotatable bonds is 8. The molecule has 7 heteroatoms. The highest BCUT2D eigenvalue weighted by Gasteiger charge is 2.20. The van der Waals surface area contributed by atoms with Crippen LogP contribution in [0.25, 0.3) is 0 Å². The summed E-state index contributed by atoms with van der Waals surface area (Å²) in [5.74, 6) is 1.10. The highest BCUT2D eigenvalue weighted by molar-refractivity contribution is 5.94. The van der Waals surface area contributed by atoms with E-state index in [2.05, 4.69) is 10.2 Å². The van der Waals surface area contributed by atoms with E-state index in [1.807, 2.05) is 26.0 Å². The van der Waals surface area contributed by atoms with Crippen LogP contribution in [0, 0.1) is 0 Å². The number of morpholine rings is 1. The number of ether oxygens (including phenoxy) is 4. The number of benzene rings is 1. The van der Waals surface area contributed by atoms with Gasteiger partial charge in [-0.25, -0.2) is 0 Å². The highest BCUT2D eigenvalue weighted by atomic mass is 16.5. The van der Waals surface area contributed by atoms with Crippen LogP contribution in [-0.4, -0.2) is 59.1 Å². The van der Waals surface area contributed by atoms with Crippen molar-refractivity contribution < 1.29 is 23.7 Å². The Labute approximate surface area is 142 Å². The van der Waals surface area contributed by atoms with E-state index < -0.39 is 0 Å². The standard InChI is InChI=1S/C17H26N2O5/c1-4-23-15-11-14(19-6-8-22-9-7-19)16(24-5-2)10-13(15)18-17(20)12-21-3/h10-11H,4-9,12H2,1-3H3,(H,18,20). The summed E-state index contributed by atoms with van der Waals surface area (Å²) >= 11 is 0. The number of carbonyl (C=O) groups excluding carboxylic acids is 1. The average Bonchev–Trinajstić information content (AvgIpc) is 2.58. The normalized spacial score (nSPS) is 14.4. The van der Waals surface area contributed by atoms with Crippen LogP contribution >= 0.6 is 0 Å². The summed E-state index contributed by atoms with van der Waals surface area (Å²) in [6, 6.07) is 3.73. The molecule has 1 saturated heterocycles. The SMILES string of the molecule is CCOc1cc(N2CCOCC2)c(OCC)cc1NC(=O)COC. The van der Waals surface area contributed by atoms with Gasteiger partial charge in [0.1, 0.15) is 18.1 Å². The van der Waals surface area contributed by atoms with E-state index in [4.69, 9.17) is 18.9 Å². The maximum Gasteiger partial charge on any atom is 0.250 e. The van der Waals surface area contributed by atoms with Crippen molar-refractivity contribution in [2.24, 2.45) is 0 Å². The number of hydrogen-bond acceptors (Lipinski definition) is 6. The van der Waals surface area contributed by atoms with Gasteiger partial charge in [-0.2, -0.15) is 0 Å². The number of anilines is 2. The van der Waals surface area contributed by atoms with Crippen molar-refractivity contribution in [3.8, 4) is 11.5 Å². The van der Waals surface area contributed by atoms with Crippen LogP contribution < -0.4 is 19.7 Å². The molecule has 1 N–H and O–H groups in total. The summed E-state index contributed by atoms with van der Waals surface area (Å²) in [4.78, 5) is 14.1. The minimum absolute atomic E-state index is 0.0131. The molecule has 0 aliphatic carbocycles. The Hall–Kier alpha value is -1.99. The third kappa shape index (κ3) is 4.75. The molecule has 1 aliphatic rings. The van der Waals surface area contributed by atoms with Crippen LogP contribution in [0.5, 0.6) is 11.5 Å². The second-order valence-corrected chi connectivity index (χ2v) is 5.26. The van der Waals surface area contributed by atoms with Crippen LogP contribution in [-0.2, 0) is 14.3 Å². The van der Waals surface area contributed by atoms with Crippen LogP contribution in [0.3, 0.4) is 0 Å². The number of nitrogens with one attached hydrogen (secondary N) is 1. The van der Waals surface area contributed by atoms with Crippen LogP contribution in [0.15, 0.2) is 12.1 Å². The monoisotopic (exact) mass is 338 g/mol. The summed E-state index contributed by atoms with van der Waals surface area (Å²) in [7, 11) is 1.48. The number of methoxy groups -OCH3 is 1. The largest absolute Gasteiger partial charge is 0.492 e. The van der Waals surface area contributed by atoms with Gasteiger partial charge >= 0.3 is 0 Å². The van der Waals surface area contributed by atoms with Crippen molar-refractivity contribution in [2.45, 2.75) is 13.8 Å². The molecule has 1 heterocycles. The summed E-state index contributed by atoms with van der Waals surface area (Å²) in [5, 5.41) is 2.81. The Bertz CT molecular complexity index is 544. The van der Waals surface area contributed by atoms with E-state index in [1.54, 1.807) is 0 Å². The highest BCUT2D eigenvalue weighted by Crippen LogP contribution is 2.39. The Morgan fingerprint density at radius 1 is 1.17 bits per heavy atom. The fourth-order valence-corrected chi connectivity index (χ4v) is 2.56. The maximum absolute atomic E-state index is 11.9. The van der Waals surface area contributed by atoms with E-state index >= 15 is 0 Å². The smallest absolute Gasteiger partial charge is 0.250 e. The van der Waals surface area contributed by atoms with Crippen LogP contribution in [0.2, 0.25) is 0 Å². The first-order valence-electron chi connectivity index (χ1n) is 8.24. The number of amides is 1. The molecule has 1 fully saturated rings. The quantitative estimate of drug-likeness (QED) is 0.781. The second kappa shape index (κ2) is 9.34. The van der Waals surface area contributed by atoms with Crippen molar-refractivity contribution in [1.29, 1.82) is 0 Å². The van der Waals surface area contributed by atoms with E-state index in [9.17, 15) is 4.79 Å². The molecule has 1 aromatic rings. The fraction of sp³-hybridized carbons (Fsp3) is 0.588. The Balaban J connectivity index is 2.35. The third-order valence-electron chi connectivity index (χ3n) is 3.56. The zero-order valence-corrected chi connectivity index (χ0v) is 14.6. The molecule has 0 aromatic heterocycles. The number of hydrogen-bond donors (Lipinski definition) is 1. The Morgan fingerprint density at radius 2 is 1.83 bits per heavy atom. The van der Waals surface area contributed by atoms with Crippen molar-refractivity contribution in [2.75, 3.05) is 63.5 Å². The average molecular weight is 338 g/mol. The lowest BCUT2D eigenvalue weighted by atomic mass is 10.2. The molecule has 0 spiro atoms. The zero-order chi connectivity index (χ0) is 17.4. The minimum Gasteiger partial charge on any atom is -0.492 e. The summed E-state index contributed by atoms with van der Waals surface area (Å²) in [5.41, 5.74) is 1.53. The van der Waals surface area contributed by atoms with Gasteiger partial charge in [0.2, 0.25) is 5.91 Å². The van der Waals surface area contributed by atoms with Crippen LogP contribution in [0.1, 0.15) is 13.8 Å². The van der Waals surface area contributed by atoms with Gasteiger partial charge in [-0.05, 0) is 13.8 Å². The Kier molecular flexibility index (Phi) is 7.14. The lowest BCUT2D eigenvalue weighted by Crippen LogP contribution is -2.36. The molecule has 7 nitrogen and oxygen atoms in total. The summed E-state index contributed by atoms with van der Waals surface area (Å²) < 4.78 is 21.8. The molecule has 0 bridgehead atoms. The number of carbonyl (C=O) groups is 1. The van der Waals surface area contributed by atoms with E-state index in [1.165, 1.54) is 7.11 Å². The molecule has 24 heavy (non-hydrogen) atoms. The molecule has 0 unspecified atom stereocenters. The van der Waals surface area contributed by atoms with E-state index in [0.717, 1.165) is 24.5 Å². The van der Waals surface area contributed by atoms with Gasteiger partial charge in [-0.1, -0.05) is 0 Å². The molecule has 0 saturated carbocycles. The fourth-order valence-electron chi connectivity index (χ4n) is 2.56. The van der Waals surface area contributed by atoms with Gasteiger partial charge in [0.25, 0.3) is 0 Å². The molecule has 1 aliphatic heterocycles. The molecule has 0 radical (unpaired) electrons. The molecule has 134 valence electrons. The molecule has 0 atom stereocenters. The molecule has 2 rings (SSSR count). The zero-order valence-electron chi connectivity index (χ0n) is 14.6. The van der Waals surface area contributed by atoms with Gasteiger partial charge < -0.3 is 29.2 Å². The van der Waals surface area contributed by atoms with Crippen molar-refractivity contribution in [3.05, 3.63) is 12.1 Å².